The molecular weight excluding hydrogens is 382 g/mol. The van der Waals surface area contributed by atoms with Gasteiger partial charge in [0.05, 0.1) is 6.04 Å². The first kappa shape index (κ1) is 19.9. The van der Waals surface area contributed by atoms with E-state index >= 15 is 0 Å². The maximum Gasteiger partial charge on any atom is 0.176 e. The van der Waals surface area contributed by atoms with Crippen molar-refractivity contribution in [1.29, 1.82) is 0 Å². The number of nitrogens with zero attached hydrogens (tertiary/aromatic N) is 5. The number of rotatable bonds is 3. The van der Waals surface area contributed by atoms with E-state index in [0.717, 1.165) is 24.4 Å². The number of ether oxygens (including phenoxy) is 2. The lowest BCUT2D eigenvalue weighted by Crippen LogP contribution is -2.56. The van der Waals surface area contributed by atoms with Crippen LogP contribution in [0.2, 0.25) is 0 Å². The SMILES string of the molecule is Cc1ccc(N2C[C@H](O)[C@@H]3OC(C)(C)O[C@@H]3[C@H]2c2nnnn2C2CCCCC2)cc1. The third-order valence-electron chi connectivity index (χ3n) is 6.64. The summed E-state index contributed by atoms with van der Waals surface area (Å²) >= 11 is 0. The Labute approximate surface area is 177 Å². The maximum absolute atomic E-state index is 10.9. The van der Waals surface area contributed by atoms with Gasteiger partial charge in [-0.3, -0.25) is 0 Å². The second-order valence-corrected chi connectivity index (χ2v) is 9.34. The Balaban J connectivity index is 1.57. The molecule has 1 saturated carbocycles. The fourth-order valence-electron chi connectivity index (χ4n) is 5.22. The molecule has 0 amide bonds. The molecule has 2 aromatic rings. The number of aliphatic hydroxyl groups excluding tert-OH is 1. The molecule has 0 bridgehead atoms. The van der Waals surface area contributed by atoms with Gasteiger partial charge in [0.25, 0.3) is 0 Å². The van der Waals surface area contributed by atoms with Gasteiger partial charge in [0, 0.05) is 12.2 Å². The zero-order valence-electron chi connectivity index (χ0n) is 17.9. The lowest BCUT2D eigenvalue weighted by atomic mass is 9.91. The first-order chi connectivity index (χ1) is 14.4. The number of hydrogen-bond donors (Lipinski definition) is 1. The van der Waals surface area contributed by atoms with Crippen molar-refractivity contribution in [1.82, 2.24) is 20.2 Å². The van der Waals surface area contributed by atoms with Crippen molar-refractivity contribution < 1.29 is 14.6 Å². The molecule has 30 heavy (non-hydrogen) atoms. The van der Waals surface area contributed by atoms with E-state index < -0.39 is 18.0 Å². The number of hydrogen-bond acceptors (Lipinski definition) is 7. The molecule has 8 nitrogen and oxygen atoms in total. The Morgan fingerprint density at radius 2 is 1.73 bits per heavy atom. The van der Waals surface area contributed by atoms with Crippen molar-refractivity contribution in [3.63, 3.8) is 0 Å². The van der Waals surface area contributed by atoms with E-state index in [9.17, 15) is 5.11 Å². The van der Waals surface area contributed by atoms with Crippen LogP contribution in [0.5, 0.6) is 0 Å². The van der Waals surface area contributed by atoms with Crippen LogP contribution in [0.1, 0.15) is 69.4 Å². The van der Waals surface area contributed by atoms with Gasteiger partial charge in [-0.2, -0.15) is 0 Å². The Morgan fingerprint density at radius 3 is 2.47 bits per heavy atom. The summed E-state index contributed by atoms with van der Waals surface area (Å²) in [5, 5.41) is 23.9. The molecule has 5 rings (SSSR count). The average Bonchev–Trinajstić information content (AvgIpc) is 3.33. The first-order valence-corrected chi connectivity index (χ1v) is 11.1. The highest BCUT2D eigenvalue weighted by Gasteiger charge is 2.55. The van der Waals surface area contributed by atoms with Crippen molar-refractivity contribution in [3.05, 3.63) is 35.7 Å². The van der Waals surface area contributed by atoms with Crippen LogP contribution in [0.4, 0.5) is 5.69 Å². The van der Waals surface area contributed by atoms with Crippen LogP contribution in [0.3, 0.4) is 0 Å². The summed E-state index contributed by atoms with van der Waals surface area (Å²) in [7, 11) is 0. The Kier molecular flexibility index (Phi) is 5.03. The molecule has 162 valence electrons. The van der Waals surface area contributed by atoms with Gasteiger partial charge in [-0.05, 0) is 56.2 Å². The smallest absolute Gasteiger partial charge is 0.176 e. The number of benzene rings is 1. The van der Waals surface area contributed by atoms with Gasteiger partial charge < -0.3 is 19.5 Å². The van der Waals surface area contributed by atoms with E-state index in [2.05, 4.69) is 51.6 Å². The Hall–Kier alpha value is -2.03. The second kappa shape index (κ2) is 7.59. The number of aliphatic hydroxyl groups is 1. The van der Waals surface area contributed by atoms with Crippen LogP contribution in [-0.2, 0) is 9.47 Å². The van der Waals surface area contributed by atoms with E-state index in [1.54, 1.807) is 0 Å². The zero-order valence-corrected chi connectivity index (χ0v) is 17.9. The third-order valence-corrected chi connectivity index (χ3v) is 6.64. The van der Waals surface area contributed by atoms with Gasteiger partial charge in [-0.25, -0.2) is 4.68 Å². The number of β-amino-alcohol motifs (C(OH)–C–C–N with tert-alkyl or cyclic N) is 1. The normalized spacial score (nSPS) is 31.7. The minimum Gasteiger partial charge on any atom is -0.388 e. The predicted octanol–water partition coefficient (Wildman–Crippen LogP) is 2.93. The van der Waals surface area contributed by atoms with E-state index in [-0.39, 0.29) is 12.1 Å². The molecule has 0 spiro atoms. The van der Waals surface area contributed by atoms with Crippen LogP contribution in [0.15, 0.2) is 24.3 Å². The van der Waals surface area contributed by atoms with Crippen LogP contribution < -0.4 is 4.90 Å². The summed E-state index contributed by atoms with van der Waals surface area (Å²) in [5.74, 6) is 0.0340. The summed E-state index contributed by atoms with van der Waals surface area (Å²) < 4.78 is 14.5. The molecular formula is C22H31N5O3. The maximum atomic E-state index is 10.9. The molecule has 3 fully saturated rings. The number of aryl methyl sites for hydroxylation is 1. The van der Waals surface area contributed by atoms with Crippen LogP contribution in [0, 0.1) is 6.92 Å². The standard InChI is InChI=1S/C22H31N5O3/c1-14-9-11-15(12-10-14)26-13-17(28)19-20(30-22(2,3)29-19)18(26)21-23-24-25-27(21)16-7-5-4-6-8-16/h9-12,16-20,28H,4-8,13H2,1-3H3/t17-,18-,19-,20+/m0/s1. The molecule has 1 aliphatic carbocycles. The Bertz CT molecular complexity index is 877. The quantitative estimate of drug-likeness (QED) is 0.828. The summed E-state index contributed by atoms with van der Waals surface area (Å²) in [6.45, 7) is 6.30. The van der Waals surface area contributed by atoms with Crippen LogP contribution in [-0.4, -0.2) is 56.0 Å². The monoisotopic (exact) mass is 413 g/mol. The van der Waals surface area contributed by atoms with Gasteiger partial charge in [0.15, 0.2) is 11.6 Å². The molecule has 0 unspecified atom stereocenters. The summed E-state index contributed by atoms with van der Waals surface area (Å²) in [5.41, 5.74) is 2.22. The fraction of sp³-hybridized carbons (Fsp3) is 0.682. The van der Waals surface area contributed by atoms with Crippen molar-refractivity contribution in [3.8, 4) is 0 Å². The number of anilines is 1. The van der Waals surface area contributed by atoms with Gasteiger partial charge >= 0.3 is 0 Å². The second-order valence-electron chi connectivity index (χ2n) is 9.34. The van der Waals surface area contributed by atoms with E-state index in [1.807, 2.05) is 18.5 Å². The number of piperidine rings is 1. The van der Waals surface area contributed by atoms with Gasteiger partial charge in [0.2, 0.25) is 0 Å². The summed E-state index contributed by atoms with van der Waals surface area (Å²) in [6.07, 6.45) is 4.43. The van der Waals surface area contributed by atoms with E-state index in [1.165, 1.54) is 24.8 Å². The fourth-order valence-corrected chi connectivity index (χ4v) is 5.22. The Morgan fingerprint density at radius 1 is 1.03 bits per heavy atom. The number of fused-ring (bicyclic) bond motifs is 1. The largest absolute Gasteiger partial charge is 0.388 e. The van der Waals surface area contributed by atoms with Gasteiger partial charge in [-0.15, -0.1) is 5.10 Å². The lowest BCUT2D eigenvalue weighted by Gasteiger charge is -2.44. The van der Waals surface area contributed by atoms with Crippen LogP contribution in [0.25, 0.3) is 0 Å². The molecule has 4 atom stereocenters. The first-order valence-electron chi connectivity index (χ1n) is 11.1. The topological polar surface area (TPSA) is 85.5 Å². The van der Waals surface area contributed by atoms with Gasteiger partial charge in [-0.1, -0.05) is 37.0 Å². The minimum atomic E-state index is -0.763. The highest BCUT2D eigenvalue weighted by Crippen LogP contribution is 2.45. The molecule has 1 aromatic heterocycles. The minimum absolute atomic E-state index is 0.236. The van der Waals surface area contributed by atoms with Crippen LogP contribution >= 0.6 is 0 Å². The van der Waals surface area contributed by atoms with Crippen molar-refractivity contribution in [2.75, 3.05) is 11.4 Å². The van der Waals surface area contributed by atoms with E-state index in [0.29, 0.717) is 12.6 Å². The third kappa shape index (κ3) is 3.50. The van der Waals surface area contributed by atoms with Crippen molar-refractivity contribution in [2.45, 2.75) is 89.1 Å². The molecule has 8 heteroatoms. The molecule has 1 aromatic carbocycles. The molecule has 2 aliphatic heterocycles. The highest BCUT2D eigenvalue weighted by atomic mass is 16.8. The van der Waals surface area contributed by atoms with E-state index in [4.69, 9.17) is 9.47 Å². The molecule has 3 aliphatic rings. The molecule has 2 saturated heterocycles. The average molecular weight is 414 g/mol. The zero-order chi connectivity index (χ0) is 20.9. The highest BCUT2D eigenvalue weighted by molar-refractivity contribution is 5.50. The predicted molar refractivity (Wildman–Crippen MR) is 111 cm³/mol. The van der Waals surface area contributed by atoms with Crippen molar-refractivity contribution in [2.24, 2.45) is 0 Å². The number of aromatic nitrogens is 4. The molecule has 1 N–H and O–H groups in total. The van der Waals surface area contributed by atoms with Gasteiger partial charge in [0.1, 0.15) is 24.4 Å². The molecule has 0 radical (unpaired) electrons. The van der Waals surface area contributed by atoms with Crippen molar-refractivity contribution >= 4 is 5.69 Å². The number of tetrazole rings is 1. The summed E-state index contributed by atoms with van der Waals surface area (Å²) in [6, 6.07) is 8.43. The summed E-state index contributed by atoms with van der Waals surface area (Å²) in [4.78, 5) is 2.18. The lowest BCUT2D eigenvalue weighted by molar-refractivity contribution is -0.153. The molecule has 3 heterocycles.